The predicted octanol–water partition coefficient (Wildman–Crippen LogP) is 0.583. The molecule has 2 saturated heterocycles. The first kappa shape index (κ1) is 43.3. The molecule has 16 nitrogen and oxygen atoms in total. The van der Waals surface area contributed by atoms with Gasteiger partial charge in [-0.2, -0.15) is 0 Å². The fourth-order valence-electron chi connectivity index (χ4n) is 6.10. The standard InChI is InChI=1S/C38H56N2O14/c1-21(2)51-32-28(42)29(43)37(53-34(32)36(46)40-20-24-11-8-7-9-12-24)50-18-10-17-49-31-27(41)30(44)38(52-22(3)4)54-33(31)35(45)39-16-15-23-13-14-25(47-5)26(19-23)48-6/h7-9,11-14,19,21-22,27-34,37-38,41-44H,10,15-18,20H2,1-6H3,(H,39,45)(H,40,46)/t27-,28-,29+,30+,31+,32+,33?,34?,37-,38-/m1/s1. The molecule has 0 aromatic heterocycles. The van der Waals surface area contributed by atoms with Crippen LogP contribution in [-0.2, 0) is 51.0 Å². The number of aliphatic hydroxyl groups excluding tert-OH is 4. The van der Waals surface area contributed by atoms with Crippen molar-refractivity contribution in [3.05, 3.63) is 59.7 Å². The van der Waals surface area contributed by atoms with E-state index in [0.717, 1.165) is 11.1 Å². The molecule has 2 unspecified atom stereocenters. The van der Waals surface area contributed by atoms with Crippen LogP contribution in [0.1, 0.15) is 45.2 Å². The lowest BCUT2D eigenvalue weighted by molar-refractivity contribution is -0.307. The number of aliphatic hydroxyl groups is 4. The summed E-state index contributed by atoms with van der Waals surface area (Å²) in [6.45, 7) is 7.21. The van der Waals surface area contributed by atoms with E-state index < -0.39 is 73.2 Å². The molecule has 4 rings (SSSR count). The molecule has 302 valence electrons. The Balaban J connectivity index is 1.34. The first-order valence-electron chi connectivity index (χ1n) is 18.2. The number of carbonyl (C=O) groups excluding carboxylic acids is 2. The Morgan fingerprint density at radius 1 is 0.685 bits per heavy atom. The lowest BCUT2D eigenvalue weighted by Crippen LogP contribution is -2.63. The number of methoxy groups -OCH3 is 2. The summed E-state index contributed by atoms with van der Waals surface area (Å²) in [5, 5.41) is 49.2. The summed E-state index contributed by atoms with van der Waals surface area (Å²) < 4.78 is 45.4. The van der Waals surface area contributed by atoms with Gasteiger partial charge in [0.25, 0.3) is 11.8 Å². The first-order valence-corrected chi connectivity index (χ1v) is 18.2. The van der Waals surface area contributed by atoms with Gasteiger partial charge in [-0.25, -0.2) is 0 Å². The summed E-state index contributed by atoms with van der Waals surface area (Å²) >= 11 is 0. The molecule has 0 aliphatic carbocycles. The summed E-state index contributed by atoms with van der Waals surface area (Å²) in [5.74, 6) is -0.00650. The number of hydrogen-bond donors (Lipinski definition) is 6. The van der Waals surface area contributed by atoms with Crippen LogP contribution in [0.4, 0.5) is 0 Å². The van der Waals surface area contributed by atoms with Crippen molar-refractivity contribution in [2.45, 2.75) is 121 Å². The van der Waals surface area contributed by atoms with E-state index in [0.29, 0.717) is 17.9 Å². The van der Waals surface area contributed by atoms with E-state index in [4.69, 9.17) is 37.9 Å². The largest absolute Gasteiger partial charge is 0.493 e. The van der Waals surface area contributed by atoms with Gasteiger partial charge in [0.2, 0.25) is 0 Å². The maximum atomic E-state index is 13.4. The van der Waals surface area contributed by atoms with Crippen LogP contribution >= 0.6 is 0 Å². The number of hydrogen-bond acceptors (Lipinski definition) is 14. The zero-order valence-corrected chi connectivity index (χ0v) is 31.7. The van der Waals surface area contributed by atoms with Gasteiger partial charge in [-0.05, 0) is 63.8 Å². The van der Waals surface area contributed by atoms with Crippen molar-refractivity contribution in [1.29, 1.82) is 0 Å². The van der Waals surface area contributed by atoms with Crippen molar-refractivity contribution in [1.82, 2.24) is 10.6 Å². The maximum absolute atomic E-state index is 13.4. The van der Waals surface area contributed by atoms with E-state index in [-0.39, 0.29) is 44.9 Å². The molecule has 0 spiro atoms. The van der Waals surface area contributed by atoms with Crippen molar-refractivity contribution >= 4 is 11.8 Å². The molecule has 2 amide bonds. The highest BCUT2D eigenvalue weighted by Crippen LogP contribution is 2.29. The Labute approximate surface area is 315 Å². The van der Waals surface area contributed by atoms with Crippen LogP contribution in [0.5, 0.6) is 11.5 Å². The van der Waals surface area contributed by atoms with Gasteiger partial charge in [0, 0.05) is 19.7 Å². The number of rotatable bonds is 19. The average molecular weight is 765 g/mol. The minimum absolute atomic E-state index is 0.0734. The van der Waals surface area contributed by atoms with Gasteiger partial charge in [-0.15, -0.1) is 0 Å². The molecule has 6 N–H and O–H groups in total. The first-order chi connectivity index (χ1) is 25.8. The van der Waals surface area contributed by atoms with Crippen LogP contribution in [0, 0.1) is 0 Å². The number of benzene rings is 2. The molecule has 2 aromatic carbocycles. The topological polar surface area (TPSA) is 213 Å². The fourth-order valence-corrected chi connectivity index (χ4v) is 6.10. The van der Waals surface area contributed by atoms with E-state index in [1.165, 1.54) is 7.11 Å². The average Bonchev–Trinajstić information content (AvgIpc) is 3.15. The number of nitrogens with one attached hydrogen (secondary N) is 2. The third-order valence-corrected chi connectivity index (χ3v) is 8.79. The summed E-state index contributed by atoms with van der Waals surface area (Å²) in [6.07, 6.45) is -14.0. The van der Waals surface area contributed by atoms with E-state index >= 15 is 0 Å². The second kappa shape index (κ2) is 21.0. The molecular formula is C38H56N2O14. The summed E-state index contributed by atoms with van der Waals surface area (Å²) in [6, 6.07) is 14.7. The van der Waals surface area contributed by atoms with E-state index in [9.17, 15) is 30.0 Å². The van der Waals surface area contributed by atoms with Crippen molar-refractivity contribution in [2.75, 3.05) is 34.0 Å². The Morgan fingerprint density at radius 2 is 1.28 bits per heavy atom. The maximum Gasteiger partial charge on any atom is 0.252 e. The number of ether oxygens (including phenoxy) is 8. The quantitative estimate of drug-likeness (QED) is 0.108. The Kier molecular flexibility index (Phi) is 16.9. The molecule has 0 bridgehead atoms. The Hall–Kier alpha value is -3.42. The van der Waals surface area contributed by atoms with Crippen LogP contribution in [0.25, 0.3) is 0 Å². The van der Waals surface area contributed by atoms with Crippen molar-refractivity contribution in [2.24, 2.45) is 0 Å². The van der Waals surface area contributed by atoms with Crippen LogP contribution in [0.2, 0.25) is 0 Å². The Morgan fingerprint density at radius 3 is 1.94 bits per heavy atom. The van der Waals surface area contributed by atoms with E-state index in [1.54, 1.807) is 46.9 Å². The minimum Gasteiger partial charge on any atom is -0.493 e. The lowest BCUT2D eigenvalue weighted by atomic mass is 9.97. The second-order valence-electron chi connectivity index (χ2n) is 13.6. The highest BCUT2D eigenvalue weighted by Gasteiger charge is 2.50. The molecule has 2 aliphatic rings. The van der Waals surface area contributed by atoms with E-state index in [1.807, 2.05) is 36.4 Å². The molecule has 2 aliphatic heterocycles. The van der Waals surface area contributed by atoms with Crippen molar-refractivity contribution in [3.63, 3.8) is 0 Å². The third-order valence-electron chi connectivity index (χ3n) is 8.79. The van der Waals surface area contributed by atoms with Crippen LogP contribution in [-0.4, -0.2) is 140 Å². The highest BCUT2D eigenvalue weighted by molar-refractivity contribution is 5.82. The number of carbonyl (C=O) groups is 2. The van der Waals surface area contributed by atoms with Crippen LogP contribution in [0.3, 0.4) is 0 Å². The molecule has 0 radical (unpaired) electrons. The van der Waals surface area contributed by atoms with Crippen molar-refractivity contribution < 1.29 is 67.9 Å². The van der Waals surface area contributed by atoms with Crippen molar-refractivity contribution in [3.8, 4) is 11.5 Å². The SMILES string of the molecule is COc1ccc(CCNC(=O)C2O[C@@H](OC(C)C)[C@@H](O)[C@@H](O)[C@@H]2OCCCO[C@@H]2OC(C(=O)NCc3ccccc3)[C@@H](OC(C)C)[C@H](O)[C@@H]2O)cc1OC. The molecule has 2 aromatic rings. The Bertz CT molecular complexity index is 1450. The van der Waals surface area contributed by atoms with Gasteiger partial charge in [-0.3, -0.25) is 9.59 Å². The third kappa shape index (κ3) is 11.8. The van der Waals surface area contributed by atoms with E-state index in [2.05, 4.69) is 10.6 Å². The molecular weight excluding hydrogens is 708 g/mol. The van der Waals surface area contributed by atoms with Gasteiger partial charge in [0.15, 0.2) is 36.3 Å². The summed E-state index contributed by atoms with van der Waals surface area (Å²) in [5.41, 5.74) is 1.73. The summed E-state index contributed by atoms with van der Waals surface area (Å²) in [4.78, 5) is 26.7. The van der Waals surface area contributed by atoms with Gasteiger partial charge in [0.05, 0.1) is 33.0 Å². The molecule has 2 heterocycles. The zero-order valence-electron chi connectivity index (χ0n) is 31.7. The monoisotopic (exact) mass is 764 g/mol. The van der Waals surface area contributed by atoms with Gasteiger partial charge < -0.3 is 69.0 Å². The molecule has 0 saturated carbocycles. The number of amides is 2. The summed E-state index contributed by atoms with van der Waals surface area (Å²) in [7, 11) is 3.07. The fraction of sp³-hybridized carbons (Fsp3) is 0.632. The normalized spacial score (nSPS) is 28.5. The predicted molar refractivity (Wildman–Crippen MR) is 192 cm³/mol. The van der Waals surface area contributed by atoms with Crippen LogP contribution in [0.15, 0.2) is 48.5 Å². The second-order valence-corrected chi connectivity index (χ2v) is 13.6. The molecule has 2 fully saturated rings. The molecule has 16 heteroatoms. The van der Waals surface area contributed by atoms with Gasteiger partial charge in [-0.1, -0.05) is 36.4 Å². The zero-order chi connectivity index (χ0) is 39.4. The molecule has 54 heavy (non-hydrogen) atoms. The minimum atomic E-state index is -1.54. The van der Waals surface area contributed by atoms with Gasteiger partial charge >= 0.3 is 0 Å². The highest BCUT2D eigenvalue weighted by atomic mass is 16.7. The smallest absolute Gasteiger partial charge is 0.252 e. The lowest BCUT2D eigenvalue weighted by Gasteiger charge is -2.42. The van der Waals surface area contributed by atoms with Gasteiger partial charge in [0.1, 0.15) is 36.6 Å². The van der Waals surface area contributed by atoms with Crippen LogP contribution < -0.4 is 20.1 Å². The molecule has 10 atom stereocenters.